The van der Waals surface area contributed by atoms with Crippen molar-refractivity contribution < 1.29 is 4.79 Å². The molecule has 178 valence electrons. The van der Waals surface area contributed by atoms with Crippen molar-refractivity contribution in [2.24, 2.45) is 5.92 Å². The van der Waals surface area contributed by atoms with Gasteiger partial charge in [-0.3, -0.25) is 14.9 Å². The Kier molecular flexibility index (Phi) is 5.06. The number of hydrogen-bond donors (Lipinski definition) is 3. The molecule has 0 saturated heterocycles. The molecule has 1 aromatic carbocycles. The van der Waals surface area contributed by atoms with Crippen LogP contribution in [0.15, 0.2) is 61.4 Å². The van der Waals surface area contributed by atoms with E-state index in [1.165, 1.54) is 0 Å². The number of H-pyrrole nitrogens is 2. The summed E-state index contributed by atoms with van der Waals surface area (Å²) in [5.41, 5.74) is 7.29. The van der Waals surface area contributed by atoms with Crippen molar-refractivity contribution in [2.45, 2.75) is 20.8 Å². The van der Waals surface area contributed by atoms with Gasteiger partial charge in [-0.15, -0.1) is 0 Å². The molecule has 5 heterocycles. The normalized spacial score (nSPS) is 11.6. The minimum absolute atomic E-state index is 0.0507. The third kappa shape index (κ3) is 3.78. The zero-order valence-electron chi connectivity index (χ0n) is 19.9. The van der Waals surface area contributed by atoms with Crippen LogP contribution in [0.3, 0.4) is 0 Å². The van der Waals surface area contributed by atoms with Gasteiger partial charge in [0.25, 0.3) is 0 Å². The number of carbonyl (C=O) groups excluding carboxylic acids is 1. The van der Waals surface area contributed by atoms with E-state index in [-0.39, 0.29) is 11.8 Å². The van der Waals surface area contributed by atoms with Gasteiger partial charge in [-0.1, -0.05) is 19.9 Å². The molecule has 1 amide bonds. The third-order valence-electron chi connectivity index (χ3n) is 6.01. The number of carbonyl (C=O) groups is 1. The highest BCUT2D eigenvalue weighted by Crippen LogP contribution is 2.31. The molecule has 5 aromatic heterocycles. The first kappa shape index (κ1) is 21.7. The number of hydrogen-bond acceptors (Lipinski definition) is 6. The zero-order chi connectivity index (χ0) is 24.8. The summed E-state index contributed by atoms with van der Waals surface area (Å²) in [4.78, 5) is 33.3. The molecule has 0 aliphatic carbocycles. The Morgan fingerprint density at radius 1 is 1.08 bits per heavy atom. The van der Waals surface area contributed by atoms with Crippen LogP contribution < -0.4 is 5.32 Å². The lowest BCUT2D eigenvalue weighted by atomic mass is 10.0. The molecule has 0 aliphatic rings. The van der Waals surface area contributed by atoms with Crippen LogP contribution in [0.25, 0.3) is 50.4 Å². The molecule has 3 N–H and O–H groups in total. The molecular weight excluding hydrogens is 454 g/mol. The van der Waals surface area contributed by atoms with E-state index < -0.39 is 0 Å². The van der Waals surface area contributed by atoms with Gasteiger partial charge in [0.2, 0.25) is 5.91 Å². The second-order valence-corrected chi connectivity index (χ2v) is 8.98. The second kappa shape index (κ2) is 8.42. The van der Waals surface area contributed by atoms with Crippen LogP contribution in [0.1, 0.15) is 19.5 Å². The molecule has 0 spiro atoms. The summed E-state index contributed by atoms with van der Waals surface area (Å²) in [6, 6.07) is 9.85. The van der Waals surface area contributed by atoms with Gasteiger partial charge in [-0.2, -0.15) is 5.10 Å². The number of pyridine rings is 2. The summed E-state index contributed by atoms with van der Waals surface area (Å²) in [5, 5.41) is 11.4. The summed E-state index contributed by atoms with van der Waals surface area (Å²) in [6.07, 6.45) is 8.88. The number of fused-ring (bicyclic) bond motifs is 2. The smallest absolute Gasteiger partial charge is 0.226 e. The van der Waals surface area contributed by atoms with Gasteiger partial charge < -0.3 is 14.9 Å². The number of aryl methyl sites for hydroxylation is 1. The predicted molar refractivity (Wildman–Crippen MR) is 138 cm³/mol. The first-order chi connectivity index (χ1) is 17.5. The minimum Gasteiger partial charge on any atom is -0.333 e. The average Bonchev–Trinajstić information content (AvgIpc) is 3.61. The Balaban J connectivity index is 1.41. The molecule has 0 radical (unpaired) electrons. The Bertz CT molecular complexity index is 1740. The standard InChI is InChI=1S/C26H23N9O/c1-14(2)26(36)30-18-8-17(10-27-11-18)16-4-5-20-19(9-16)22(34-33-20)25-31-23-21(6-7-28-24(23)32-25)35-12-15(3)29-13-35/h4-14H,1-3H3,(H,30,36)(H,33,34)(H,28,31,32). The lowest BCUT2D eigenvalue weighted by molar-refractivity contribution is -0.118. The molecule has 10 nitrogen and oxygen atoms in total. The summed E-state index contributed by atoms with van der Waals surface area (Å²) < 4.78 is 1.94. The second-order valence-electron chi connectivity index (χ2n) is 8.98. The number of amides is 1. The Hall–Kier alpha value is -4.86. The number of nitrogens with one attached hydrogen (secondary N) is 3. The summed E-state index contributed by atoms with van der Waals surface area (Å²) >= 11 is 0. The maximum atomic E-state index is 12.1. The van der Waals surface area contributed by atoms with Crippen LogP contribution in [0.2, 0.25) is 0 Å². The van der Waals surface area contributed by atoms with Gasteiger partial charge in [-0.05, 0) is 36.8 Å². The summed E-state index contributed by atoms with van der Waals surface area (Å²) in [7, 11) is 0. The van der Waals surface area contributed by atoms with E-state index >= 15 is 0 Å². The van der Waals surface area contributed by atoms with E-state index in [9.17, 15) is 4.79 Å². The van der Waals surface area contributed by atoms with Crippen molar-refractivity contribution in [3.05, 3.63) is 67.1 Å². The van der Waals surface area contributed by atoms with Gasteiger partial charge >= 0.3 is 0 Å². The molecule has 0 fully saturated rings. The maximum Gasteiger partial charge on any atom is 0.226 e. The number of aromatic amines is 2. The monoisotopic (exact) mass is 477 g/mol. The molecule has 0 saturated carbocycles. The van der Waals surface area contributed by atoms with E-state index in [0.29, 0.717) is 22.9 Å². The number of rotatable bonds is 5. The summed E-state index contributed by atoms with van der Waals surface area (Å²) in [6.45, 7) is 5.66. The molecule has 6 aromatic rings. The van der Waals surface area contributed by atoms with E-state index in [1.807, 2.05) is 61.9 Å². The fraction of sp³-hybridized carbons (Fsp3) is 0.154. The van der Waals surface area contributed by atoms with Gasteiger partial charge in [0, 0.05) is 35.5 Å². The van der Waals surface area contributed by atoms with Crippen molar-refractivity contribution in [1.82, 2.24) is 39.7 Å². The first-order valence-corrected chi connectivity index (χ1v) is 11.6. The Morgan fingerprint density at radius 2 is 1.97 bits per heavy atom. The van der Waals surface area contributed by atoms with Crippen molar-refractivity contribution in [3.63, 3.8) is 0 Å². The van der Waals surface area contributed by atoms with Crippen LogP contribution in [0.4, 0.5) is 5.69 Å². The molecule has 0 unspecified atom stereocenters. The SMILES string of the molecule is Cc1cn(-c2ccnc3nc(-c4n[nH]c5ccc(-c6cncc(NC(=O)C(C)C)c6)cc45)[nH]c23)cn1. The maximum absolute atomic E-state index is 12.1. The van der Waals surface area contributed by atoms with Crippen molar-refractivity contribution in [3.8, 4) is 28.3 Å². The third-order valence-corrected chi connectivity index (χ3v) is 6.01. The Morgan fingerprint density at radius 3 is 2.78 bits per heavy atom. The van der Waals surface area contributed by atoms with Gasteiger partial charge in [0.15, 0.2) is 11.5 Å². The topological polar surface area (TPSA) is 130 Å². The fourth-order valence-corrected chi connectivity index (χ4v) is 4.10. The predicted octanol–water partition coefficient (Wildman–Crippen LogP) is 4.65. The molecule has 0 atom stereocenters. The van der Waals surface area contributed by atoms with Crippen LogP contribution in [-0.2, 0) is 4.79 Å². The lowest BCUT2D eigenvalue weighted by Gasteiger charge is -2.09. The number of anilines is 1. The van der Waals surface area contributed by atoms with Crippen LogP contribution in [0.5, 0.6) is 0 Å². The average molecular weight is 478 g/mol. The first-order valence-electron chi connectivity index (χ1n) is 11.6. The summed E-state index contributed by atoms with van der Waals surface area (Å²) in [5.74, 6) is 0.446. The van der Waals surface area contributed by atoms with E-state index in [4.69, 9.17) is 4.98 Å². The fourth-order valence-electron chi connectivity index (χ4n) is 4.10. The van der Waals surface area contributed by atoms with Gasteiger partial charge in [0.1, 0.15) is 11.2 Å². The molecular formula is C26H23N9O. The molecule has 0 aliphatic heterocycles. The van der Waals surface area contributed by atoms with E-state index in [0.717, 1.165) is 38.9 Å². The highest BCUT2D eigenvalue weighted by atomic mass is 16.1. The lowest BCUT2D eigenvalue weighted by Crippen LogP contribution is -2.17. The molecule has 10 heteroatoms. The quantitative estimate of drug-likeness (QED) is 0.331. The Labute approximate surface area is 205 Å². The largest absolute Gasteiger partial charge is 0.333 e. The van der Waals surface area contributed by atoms with Crippen molar-refractivity contribution in [1.29, 1.82) is 0 Å². The number of imidazole rings is 2. The van der Waals surface area contributed by atoms with Crippen molar-refractivity contribution >= 4 is 33.7 Å². The number of benzene rings is 1. The van der Waals surface area contributed by atoms with E-state index in [2.05, 4.69) is 35.5 Å². The highest BCUT2D eigenvalue weighted by molar-refractivity contribution is 5.97. The van der Waals surface area contributed by atoms with Crippen LogP contribution in [0, 0.1) is 12.8 Å². The van der Waals surface area contributed by atoms with Crippen LogP contribution >= 0.6 is 0 Å². The van der Waals surface area contributed by atoms with E-state index in [1.54, 1.807) is 24.9 Å². The van der Waals surface area contributed by atoms with Crippen LogP contribution in [-0.4, -0.2) is 45.6 Å². The van der Waals surface area contributed by atoms with Gasteiger partial charge in [0.05, 0.1) is 35.1 Å². The number of nitrogens with zero attached hydrogens (tertiary/aromatic N) is 6. The minimum atomic E-state index is -0.116. The molecule has 6 rings (SSSR count). The van der Waals surface area contributed by atoms with Crippen molar-refractivity contribution in [2.75, 3.05) is 5.32 Å². The van der Waals surface area contributed by atoms with Gasteiger partial charge in [-0.25, -0.2) is 15.0 Å². The molecule has 36 heavy (non-hydrogen) atoms. The highest BCUT2D eigenvalue weighted by Gasteiger charge is 2.17. The zero-order valence-corrected chi connectivity index (χ0v) is 19.9. The number of aromatic nitrogens is 8. The molecule has 0 bridgehead atoms.